The van der Waals surface area contributed by atoms with Gasteiger partial charge < -0.3 is 9.80 Å². The molecule has 7 heteroatoms. The molecule has 0 bridgehead atoms. The van der Waals surface area contributed by atoms with Gasteiger partial charge in [0.05, 0.1) is 6.20 Å². The lowest BCUT2D eigenvalue weighted by molar-refractivity contribution is -0.142. The quantitative estimate of drug-likeness (QED) is 0.825. The van der Waals surface area contributed by atoms with Gasteiger partial charge in [0.2, 0.25) is 11.8 Å². The second kappa shape index (κ2) is 7.10. The third kappa shape index (κ3) is 3.89. The van der Waals surface area contributed by atoms with Crippen molar-refractivity contribution in [3.05, 3.63) is 12.4 Å². The highest BCUT2D eigenvalue weighted by atomic mass is 16.2. The summed E-state index contributed by atoms with van der Waals surface area (Å²) in [6.45, 7) is 5.55. The molecular formula is C16H25N5O2. The summed E-state index contributed by atoms with van der Waals surface area (Å²) >= 11 is 0. The predicted octanol–water partition coefficient (Wildman–Crippen LogP) is 0.775. The van der Waals surface area contributed by atoms with Gasteiger partial charge in [-0.1, -0.05) is 12.1 Å². The molecule has 0 spiro atoms. The second-order valence-electron chi connectivity index (χ2n) is 6.79. The summed E-state index contributed by atoms with van der Waals surface area (Å²) in [4.78, 5) is 28.7. The van der Waals surface area contributed by atoms with Crippen molar-refractivity contribution in [1.82, 2.24) is 24.8 Å². The third-order valence-electron chi connectivity index (χ3n) is 4.93. The summed E-state index contributed by atoms with van der Waals surface area (Å²) in [6, 6.07) is 0. The highest BCUT2D eigenvalue weighted by molar-refractivity contribution is 5.80. The van der Waals surface area contributed by atoms with Gasteiger partial charge in [0, 0.05) is 38.3 Å². The van der Waals surface area contributed by atoms with Gasteiger partial charge in [-0.3, -0.25) is 9.59 Å². The molecule has 1 unspecified atom stereocenters. The fourth-order valence-corrected chi connectivity index (χ4v) is 3.58. The number of carbonyl (C=O) groups excluding carboxylic acids is 2. The second-order valence-corrected chi connectivity index (χ2v) is 6.79. The van der Waals surface area contributed by atoms with Crippen LogP contribution in [0.1, 0.15) is 32.6 Å². The Labute approximate surface area is 136 Å². The van der Waals surface area contributed by atoms with Crippen LogP contribution in [0.3, 0.4) is 0 Å². The van der Waals surface area contributed by atoms with Gasteiger partial charge in [-0.15, -0.1) is 5.10 Å². The molecule has 0 aliphatic carbocycles. The van der Waals surface area contributed by atoms with E-state index < -0.39 is 0 Å². The van der Waals surface area contributed by atoms with Crippen molar-refractivity contribution in [3.8, 4) is 0 Å². The number of piperidine rings is 2. The molecule has 2 saturated heterocycles. The minimum absolute atomic E-state index is 0.0491. The maximum atomic E-state index is 12.6. The molecule has 23 heavy (non-hydrogen) atoms. The van der Waals surface area contributed by atoms with Crippen LogP contribution in [0, 0.1) is 11.8 Å². The summed E-state index contributed by atoms with van der Waals surface area (Å²) in [5, 5.41) is 7.53. The fourth-order valence-electron chi connectivity index (χ4n) is 3.58. The molecule has 1 atom stereocenters. The predicted molar refractivity (Wildman–Crippen MR) is 84.3 cm³/mol. The average Bonchev–Trinajstić information content (AvgIpc) is 3.07. The molecule has 2 aliphatic rings. The van der Waals surface area contributed by atoms with Crippen LogP contribution < -0.4 is 0 Å². The zero-order valence-corrected chi connectivity index (χ0v) is 13.7. The highest BCUT2D eigenvalue weighted by Crippen LogP contribution is 2.23. The number of rotatable bonds is 3. The molecule has 7 nitrogen and oxygen atoms in total. The minimum atomic E-state index is 0.0491. The molecule has 3 heterocycles. The monoisotopic (exact) mass is 319 g/mol. The van der Waals surface area contributed by atoms with Crippen molar-refractivity contribution in [3.63, 3.8) is 0 Å². The molecule has 1 aromatic heterocycles. The van der Waals surface area contributed by atoms with Crippen LogP contribution in [-0.4, -0.2) is 62.8 Å². The first-order chi connectivity index (χ1) is 11.1. The van der Waals surface area contributed by atoms with Crippen LogP contribution in [0.2, 0.25) is 0 Å². The first-order valence-corrected chi connectivity index (χ1v) is 8.54. The first-order valence-electron chi connectivity index (χ1n) is 8.54. The van der Waals surface area contributed by atoms with Gasteiger partial charge >= 0.3 is 0 Å². The fraction of sp³-hybridized carbons (Fsp3) is 0.750. The summed E-state index contributed by atoms with van der Waals surface area (Å²) in [5.74, 6) is 1.03. The molecule has 126 valence electrons. The minimum Gasteiger partial charge on any atom is -0.342 e. The molecular weight excluding hydrogens is 294 g/mol. The highest BCUT2D eigenvalue weighted by Gasteiger charge is 2.31. The molecule has 2 amide bonds. The van der Waals surface area contributed by atoms with Crippen molar-refractivity contribution in [2.45, 2.75) is 39.2 Å². The molecule has 0 N–H and O–H groups in total. The smallest absolute Gasteiger partial charge is 0.244 e. The van der Waals surface area contributed by atoms with E-state index in [9.17, 15) is 9.59 Å². The van der Waals surface area contributed by atoms with Crippen molar-refractivity contribution in [1.29, 1.82) is 0 Å². The Bertz CT molecular complexity index is 537. The zero-order valence-electron chi connectivity index (χ0n) is 13.7. The molecule has 0 radical (unpaired) electrons. The first kappa shape index (κ1) is 16.0. The molecule has 0 saturated carbocycles. The largest absolute Gasteiger partial charge is 0.342 e. The Morgan fingerprint density at radius 3 is 2.57 bits per heavy atom. The Morgan fingerprint density at radius 1 is 1.13 bits per heavy atom. The van der Waals surface area contributed by atoms with Gasteiger partial charge in [0.15, 0.2) is 0 Å². The van der Waals surface area contributed by atoms with Gasteiger partial charge in [-0.05, 0) is 31.6 Å². The lowest BCUT2D eigenvalue weighted by Crippen LogP contribution is -2.47. The van der Waals surface area contributed by atoms with E-state index in [1.54, 1.807) is 12.4 Å². The van der Waals surface area contributed by atoms with Crippen LogP contribution in [0.5, 0.6) is 0 Å². The third-order valence-corrected chi connectivity index (χ3v) is 4.93. The van der Waals surface area contributed by atoms with E-state index in [2.05, 4.69) is 17.2 Å². The molecule has 0 aromatic carbocycles. The van der Waals surface area contributed by atoms with Crippen molar-refractivity contribution < 1.29 is 9.59 Å². The van der Waals surface area contributed by atoms with Crippen molar-refractivity contribution >= 4 is 11.8 Å². The summed E-state index contributed by atoms with van der Waals surface area (Å²) in [6.07, 6.45) is 7.13. The number of hydrogen-bond donors (Lipinski definition) is 0. The Hall–Kier alpha value is -1.92. The van der Waals surface area contributed by atoms with Crippen LogP contribution in [0.4, 0.5) is 0 Å². The maximum absolute atomic E-state index is 12.6. The summed E-state index contributed by atoms with van der Waals surface area (Å²) < 4.78 is 1.54. The van der Waals surface area contributed by atoms with E-state index >= 15 is 0 Å². The van der Waals surface area contributed by atoms with Gasteiger partial charge in [0.25, 0.3) is 0 Å². The number of aromatic nitrogens is 3. The summed E-state index contributed by atoms with van der Waals surface area (Å²) in [7, 11) is 0. The molecule has 2 aliphatic heterocycles. The molecule has 1 aromatic rings. The normalized spacial score (nSPS) is 23.1. The Balaban J connectivity index is 1.48. The number of likely N-dealkylation sites (tertiary alicyclic amines) is 2. The number of carbonyl (C=O) groups is 2. The zero-order chi connectivity index (χ0) is 16.2. The van der Waals surface area contributed by atoms with E-state index in [1.165, 1.54) is 11.1 Å². The van der Waals surface area contributed by atoms with Gasteiger partial charge in [-0.2, -0.15) is 0 Å². The number of nitrogens with zero attached hydrogens (tertiary/aromatic N) is 5. The number of hydrogen-bond acceptors (Lipinski definition) is 4. The Morgan fingerprint density at radius 2 is 1.91 bits per heavy atom. The standard InChI is InChI=1S/C16H25N5O2/c1-13-3-2-7-20(11-13)16(23)14-4-8-19(9-5-14)15(22)12-21-10-6-17-18-21/h6,10,13-14H,2-5,7-9,11-12H2,1H3. The maximum Gasteiger partial charge on any atom is 0.244 e. The van der Waals surface area contributed by atoms with Crippen LogP contribution in [0.25, 0.3) is 0 Å². The van der Waals surface area contributed by atoms with Crippen molar-refractivity contribution in [2.24, 2.45) is 11.8 Å². The van der Waals surface area contributed by atoms with E-state index in [-0.39, 0.29) is 18.4 Å². The Kier molecular flexibility index (Phi) is 4.93. The van der Waals surface area contributed by atoms with Crippen LogP contribution in [0.15, 0.2) is 12.4 Å². The lowest BCUT2D eigenvalue weighted by atomic mass is 9.92. The average molecular weight is 319 g/mol. The molecule has 3 rings (SSSR count). The lowest BCUT2D eigenvalue weighted by Gasteiger charge is -2.37. The van der Waals surface area contributed by atoms with E-state index in [1.807, 2.05) is 9.80 Å². The van der Waals surface area contributed by atoms with Crippen LogP contribution in [-0.2, 0) is 16.1 Å². The van der Waals surface area contributed by atoms with E-state index in [4.69, 9.17) is 0 Å². The summed E-state index contributed by atoms with van der Waals surface area (Å²) in [5.41, 5.74) is 0. The van der Waals surface area contributed by atoms with Gasteiger partial charge in [0.1, 0.15) is 6.54 Å². The SMILES string of the molecule is CC1CCCN(C(=O)C2CCN(C(=O)Cn3ccnn3)CC2)C1. The van der Waals surface area contributed by atoms with Gasteiger partial charge in [-0.25, -0.2) is 4.68 Å². The van der Waals surface area contributed by atoms with E-state index in [0.717, 1.165) is 32.4 Å². The van der Waals surface area contributed by atoms with E-state index in [0.29, 0.717) is 24.9 Å². The van der Waals surface area contributed by atoms with Crippen LogP contribution >= 0.6 is 0 Å². The van der Waals surface area contributed by atoms with Crippen molar-refractivity contribution in [2.75, 3.05) is 26.2 Å². The number of amides is 2. The topological polar surface area (TPSA) is 71.3 Å². The molecule has 2 fully saturated rings.